The maximum atomic E-state index is 4.53. The van der Waals surface area contributed by atoms with E-state index < -0.39 is 0 Å². The zero-order chi connectivity index (χ0) is 26.4. The monoisotopic (exact) mass is 840 g/mol. The molecule has 0 atom stereocenters. The Labute approximate surface area is 290 Å². The number of hydrogen-bond donors (Lipinski definition) is 0. The van der Waals surface area contributed by atoms with E-state index in [1.165, 1.54) is 87.7 Å². The molecule has 4 rings (SSSR count). The summed E-state index contributed by atoms with van der Waals surface area (Å²) < 4.78 is 22.2. The van der Waals surface area contributed by atoms with Gasteiger partial charge in [-0.1, -0.05) is 51.4 Å². The zero-order valence-electron chi connectivity index (χ0n) is 23.2. The highest BCUT2D eigenvalue weighted by atomic mass is 127. The Morgan fingerprint density at radius 2 is 0.950 bits per heavy atom. The third-order valence-corrected chi connectivity index (χ3v) is 9.75. The lowest BCUT2D eigenvalue weighted by Crippen LogP contribution is -3.00. The third-order valence-electron chi connectivity index (χ3n) is 6.36. The normalized spacial score (nSPS) is 10.8. The fourth-order valence-electron chi connectivity index (χ4n) is 4.31. The van der Waals surface area contributed by atoms with Gasteiger partial charge in [-0.3, -0.25) is 0 Å². The maximum absolute atomic E-state index is 4.53. The standard InChI is InChI=1S/C28H38N6S4.2HI/c1-33-17-13-15-23(21-33)25-27(31-37-29-25)35-19-11-9-7-5-3-4-6-8-10-12-20-36-28-26(30-38-32-28)24-16-14-18-34(2)22-24;;/h13-18,21-22H,3-12,19-20H2,1-2H3;2*1H/q+2;;/p-2. The van der Waals surface area contributed by atoms with Crippen LogP contribution in [-0.4, -0.2) is 29.0 Å². The minimum absolute atomic E-state index is 0. The minimum Gasteiger partial charge on any atom is -1.00 e. The second kappa shape index (κ2) is 20.5. The lowest BCUT2D eigenvalue weighted by atomic mass is 10.1. The van der Waals surface area contributed by atoms with E-state index in [2.05, 4.69) is 63.3 Å². The van der Waals surface area contributed by atoms with E-state index in [-0.39, 0.29) is 48.0 Å². The van der Waals surface area contributed by atoms with Crippen molar-refractivity contribution in [3.05, 3.63) is 49.1 Å². The van der Waals surface area contributed by atoms with Crippen LogP contribution in [0.2, 0.25) is 0 Å². The summed E-state index contributed by atoms with van der Waals surface area (Å²) in [6.07, 6.45) is 21.6. The van der Waals surface area contributed by atoms with Crippen LogP contribution in [0.15, 0.2) is 59.1 Å². The fraction of sp³-hybridized carbons (Fsp3) is 0.500. The first-order valence-electron chi connectivity index (χ1n) is 13.5. The molecule has 6 nitrogen and oxygen atoms in total. The number of pyridine rings is 2. The molecule has 0 bridgehead atoms. The predicted octanol–water partition coefficient (Wildman–Crippen LogP) is 1.17. The summed E-state index contributed by atoms with van der Waals surface area (Å²) >= 11 is 6.34. The number of thioether (sulfide) groups is 2. The smallest absolute Gasteiger partial charge is 0.178 e. The van der Waals surface area contributed by atoms with Gasteiger partial charge in [0.15, 0.2) is 24.8 Å². The molecule has 4 aromatic heterocycles. The minimum atomic E-state index is 0. The molecule has 0 spiro atoms. The molecule has 0 amide bonds. The van der Waals surface area contributed by atoms with Gasteiger partial charge in [0.1, 0.15) is 35.5 Å². The van der Waals surface area contributed by atoms with Crippen LogP contribution in [0.4, 0.5) is 0 Å². The highest BCUT2D eigenvalue weighted by Crippen LogP contribution is 2.30. The zero-order valence-corrected chi connectivity index (χ0v) is 30.8. The van der Waals surface area contributed by atoms with Crippen molar-refractivity contribution in [1.29, 1.82) is 0 Å². The first-order chi connectivity index (χ1) is 18.7. The first-order valence-corrected chi connectivity index (χ1v) is 17.0. The molecule has 0 saturated heterocycles. The van der Waals surface area contributed by atoms with Gasteiger partial charge in [0.25, 0.3) is 0 Å². The van der Waals surface area contributed by atoms with Crippen molar-refractivity contribution in [3.8, 4) is 22.5 Å². The quantitative estimate of drug-likeness (QED) is 0.0690. The van der Waals surface area contributed by atoms with Gasteiger partial charge in [0.05, 0.1) is 34.6 Å². The third kappa shape index (κ3) is 12.1. The summed E-state index contributed by atoms with van der Waals surface area (Å²) in [6.45, 7) is 0. The fourth-order valence-corrected chi connectivity index (χ4v) is 7.69. The Morgan fingerprint density at radius 3 is 1.32 bits per heavy atom. The molecule has 0 aromatic carbocycles. The van der Waals surface area contributed by atoms with Crippen molar-refractivity contribution in [2.24, 2.45) is 14.1 Å². The van der Waals surface area contributed by atoms with Crippen molar-refractivity contribution in [1.82, 2.24) is 17.5 Å². The summed E-state index contributed by atoms with van der Waals surface area (Å²) in [4.78, 5) is 0. The van der Waals surface area contributed by atoms with Crippen LogP contribution in [0.25, 0.3) is 22.5 Å². The number of aryl methyl sites for hydroxylation is 2. The molecular weight excluding hydrogens is 802 g/mol. The second-order valence-electron chi connectivity index (χ2n) is 9.58. The van der Waals surface area contributed by atoms with Crippen molar-refractivity contribution in [2.45, 2.75) is 74.3 Å². The molecule has 218 valence electrons. The van der Waals surface area contributed by atoms with Gasteiger partial charge in [-0.15, -0.1) is 23.5 Å². The van der Waals surface area contributed by atoms with Crippen LogP contribution in [0.3, 0.4) is 0 Å². The molecule has 4 aromatic rings. The summed E-state index contributed by atoms with van der Waals surface area (Å²) in [5.74, 6) is 2.25. The molecule has 4 heterocycles. The van der Waals surface area contributed by atoms with Crippen LogP contribution >= 0.6 is 47.0 Å². The van der Waals surface area contributed by atoms with Crippen molar-refractivity contribution < 1.29 is 57.1 Å². The molecule has 0 aliphatic carbocycles. The van der Waals surface area contributed by atoms with Gasteiger partial charge >= 0.3 is 0 Å². The highest BCUT2D eigenvalue weighted by Gasteiger charge is 2.14. The SMILES string of the molecule is C[n+]1cccc(-c2nsnc2SCCCCCCCCCCCCSc2nsnc2-c2ccc[n+](C)c2)c1.[I-].[I-]. The number of hydrogen-bond acceptors (Lipinski definition) is 8. The number of halogens is 2. The van der Waals surface area contributed by atoms with Crippen LogP contribution in [0, 0.1) is 0 Å². The van der Waals surface area contributed by atoms with Gasteiger partial charge in [0, 0.05) is 12.1 Å². The lowest BCUT2D eigenvalue weighted by Gasteiger charge is -2.04. The van der Waals surface area contributed by atoms with Gasteiger partial charge in [-0.25, -0.2) is 9.13 Å². The molecule has 0 fully saturated rings. The number of rotatable bonds is 17. The largest absolute Gasteiger partial charge is 1.00 e. The molecule has 0 aliphatic rings. The van der Waals surface area contributed by atoms with E-state index in [1.54, 1.807) is 0 Å². The summed E-state index contributed by atoms with van der Waals surface area (Å²) in [5, 5.41) is 2.15. The average Bonchev–Trinajstić information content (AvgIpc) is 3.58. The Morgan fingerprint density at radius 1 is 0.575 bits per heavy atom. The summed E-state index contributed by atoms with van der Waals surface area (Å²) in [6, 6.07) is 8.35. The molecule has 0 saturated carbocycles. The van der Waals surface area contributed by atoms with E-state index in [0.717, 1.165) is 44.1 Å². The van der Waals surface area contributed by atoms with E-state index >= 15 is 0 Å². The lowest BCUT2D eigenvalue weighted by molar-refractivity contribution is -0.671. The highest BCUT2D eigenvalue weighted by molar-refractivity contribution is 7.99. The van der Waals surface area contributed by atoms with Crippen LogP contribution in [0.5, 0.6) is 0 Å². The molecule has 0 aliphatic heterocycles. The van der Waals surface area contributed by atoms with Crippen LogP contribution in [-0.2, 0) is 14.1 Å². The molecule has 12 heteroatoms. The summed E-state index contributed by atoms with van der Waals surface area (Å²) in [5.41, 5.74) is 4.35. The number of aromatic nitrogens is 6. The molecule has 0 N–H and O–H groups in total. The van der Waals surface area contributed by atoms with E-state index in [9.17, 15) is 0 Å². The van der Waals surface area contributed by atoms with Gasteiger partial charge in [-0.2, -0.15) is 17.5 Å². The Bertz CT molecular complexity index is 1160. The molecule has 0 unspecified atom stereocenters. The molecular formula is C28H38I2N6S4. The van der Waals surface area contributed by atoms with Crippen molar-refractivity contribution in [2.75, 3.05) is 11.5 Å². The summed E-state index contributed by atoms with van der Waals surface area (Å²) in [7, 11) is 4.08. The maximum Gasteiger partial charge on any atom is 0.178 e. The van der Waals surface area contributed by atoms with E-state index in [0.29, 0.717) is 0 Å². The van der Waals surface area contributed by atoms with Gasteiger partial charge in [0.2, 0.25) is 0 Å². The number of unbranched alkanes of at least 4 members (excludes halogenated alkanes) is 9. The van der Waals surface area contributed by atoms with E-state index in [1.807, 2.05) is 50.0 Å². The predicted molar refractivity (Wildman–Crippen MR) is 161 cm³/mol. The molecule has 0 radical (unpaired) electrons. The van der Waals surface area contributed by atoms with Gasteiger partial charge in [-0.05, 0) is 36.5 Å². The van der Waals surface area contributed by atoms with Gasteiger partial charge < -0.3 is 48.0 Å². The molecule has 40 heavy (non-hydrogen) atoms. The van der Waals surface area contributed by atoms with Crippen LogP contribution < -0.4 is 57.1 Å². The first kappa shape index (κ1) is 35.8. The number of nitrogens with zero attached hydrogens (tertiary/aromatic N) is 6. The van der Waals surface area contributed by atoms with Crippen LogP contribution in [0.1, 0.15) is 64.2 Å². The van der Waals surface area contributed by atoms with Crippen molar-refractivity contribution in [3.63, 3.8) is 0 Å². The van der Waals surface area contributed by atoms with Crippen molar-refractivity contribution >= 4 is 47.0 Å². The Kier molecular flexibility index (Phi) is 18.3. The second-order valence-corrected chi connectivity index (χ2v) is 12.8. The Balaban J connectivity index is 0.00000280. The Hall–Kier alpha value is -0.420. The average molecular weight is 841 g/mol. The topological polar surface area (TPSA) is 59.3 Å². The van der Waals surface area contributed by atoms with E-state index in [4.69, 9.17) is 0 Å².